The predicted molar refractivity (Wildman–Crippen MR) is 99.9 cm³/mol. The van der Waals surface area contributed by atoms with Gasteiger partial charge in [0.15, 0.2) is 16.7 Å². The van der Waals surface area contributed by atoms with Gasteiger partial charge in [-0.2, -0.15) is 5.10 Å². The van der Waals surface area contributed by atoms with Gasteiger partial charge in [-0.3, -0.25) is 10.4 Å². The van der Waals surface area contributed by atoms with E-state index in [0.29, 0.717) is 13.2 Å². The highest BCUT2D eigenvalue weighted by molar-refractivity contribution is 8.14. The lowest BCUT2D eigenvalue weighted by molar-refractivity contribution is 0.171. The van der Waals surface area contributed by atoms with Crippen molar-refractivity contribution < 1.29 is 9.47 Å². The van der Waals surface area contributed by atoms with Gasteiger partial charge in [0.05, 0.1) is 5.71 Å². The molecule has 124 valence electrons. The van der Waals surface area contributed by atoms with Crippen LogP contribution in [0.15, 0.2) is 45.8 Å². The number of thioether (sulfide) groups is 1. The van der Waals surface area contributed by atoms with Crippen molar-refractivity contribution in [1.82, 2.24) is 5.43 Å². The van der Waals surface area contributed by atoms with Gasteiger partial charge in [-0.05, 0) is 29.6 Å². The number of nitrogens with one attached hydrogen (secondary N) is 1. The van der Waals surface area contributed by atoms with Crippen LogP contribution in [-0.4, -0.2) is 36.4 Å². The standard InChI is InChI=1S/C17H17N3O2S2/c1-2-13(23-9-1)5-6-18-17-20-19-14(11-24-17)12-3-4-15-16(10-12)22-8-7-21-15/h1-4,9-10H,5-8,11H2,(H,18,20). The quantitative estimate of drug-likeness (QED) is 0.911. The van der Waals surface area contributed by atoms with Gasteiger partial charge in [-0.25, -0.2) is 0 Å². The van der Waals surface area contributed by atoms with Crippen LogP contribution in [-0.2, 0) is 6.42 Å². The van der Waals surface area contributed by atoms with Crippen molar-refractivity contribution >= 4 is 34.0 Å². The van der Waals surface area contributed by atoms with Gasteiger partial charge in [0, 0.05) is 29.2 Å². The number of hydrogen-bond acceptors (Lipinski definition) is 6. The SMILES string of the molecule is c1csc(CCN=C2NN=C(c3ccc4c(c3)OCCO4)CS2)c1. The average Bonchev–Trinajstić information content (AvgIpc) is 3.15. The van der Waals surface area contributed by atoms with E-state index in [1.165, 1.54) is 4.88 Å². The highest BCUT2D eigenvalue weighted by atomic mass is 32.2. The van der Waals surface area contributed by atoms with Crippen LogP contribution in [0.5, 0.6) is 11.5 Å². The van der Waals surface area contributed by atoms with Gasteiger partial charge in [-0.1, -0.05) is 17.8 Å². The van der Waals surface area contributed by atoms with Crippen LogP contribution in [0.1, 0.15) is 10.4 Å². The number of aliphatic imine (C=N–C) groups is 1. The Labute approximate surface area is 148 Å². The van der Waals surface area contributed by atoms with Gasteiger partial charge < -0.3 is 9.47 Å². The van der Waals surface area contributed by atoms with Gasteiger partial charge in [0.2, 0.25) is 0 Å². The fraction of sp³-hybridized carbons (Fsp3) is 0.294. The highest BCUT2D eigenvalue weighted by Crippen LogP contribution is 2.31. The molecule has 5 nitrogen and oxygen atoms in total. The lowest BCUT2D eigenvalue weighted by Gasteiger charge is -2.20. The number of benzene rings is 1. The summed E-state index contributed by atoms with van der Waals surface area (Å²) in [5, 5.41) is 7.45. The molecular formula is C17H17N3O2S2. The second-order valence-electron chi connectivity index (χ2n) is 5.33. The van der Waals surface area contributed by atoms with E-state index >= 15 is 0 Å². The number of hydrazone groups is 1. The lowest BCUT2D eigenvalue weighted by atomic mass is 10.1. The molecule has 2 aliphatic heterocycles. The number of thiophene rings is 1. The minimum absolute atomic E-state index is 0.594. The number of hydrogen-bond donors (Lipinski definition) is 1. The Hall–Kier alpha value is -1.99. The Bertz CT molecular complexity index is 772. The Morgan fingerprint density at radius 1 is 1.17 bits per heavy atom. The molecule has 0 radical (unpaired) electrons. The molecule has 1 aromatic carbocycles. The van der Waals surface area contributed by atoms with Crippen molar-refractivity contribution in [1.29, 1.82) is 0 Å². The van der Waals surface area contributed by atoms with Crippen molar-refractivity contribution in [2.45, 2.75) is 6.42 Å². The van der Waals surface area contributed by atoms with E-state index in [0.717, 1.165) is 46.7 Å². The maximum absolute atomic E-state index is 5.63. The first kappa shape index (κ1) is 15.5. The van der Waals surface area contributed by atoms with Crippen LogP contribution in [0.2, 0.25) is 0 Å². The van der Waals surface area contributed by atoms with E-state index in [1.807, 2.05) is 18.2 Å². The van der Waals surface area contributed by atoms with E-state index in [9.17, 15) is 0 Å². The van der Waals surface area contributed by atoms with Crippen LogP contribution in [0.3, 0.4) is 0 Å². The zero-order valence-corrected chi connectivity index (χ0v) is 14.7. The van der Waals surface area contributed by atoms with Crippen molar-refractivity contribution in [3.63, 3.8) is 0 Å². The normalized spacial score (nSPS) is 18.2. The number of fused-ring (bicyclic) bond motifs is 1. The van der Waals surface area contributed by atoms with Crippen molar-refractivity contribution in [3.8, 4) is 11.5 Å². The van der Waals surface area contributed by atoms with Crippen molar-refractivity contribution in [3.05, 3.63) is 46.2 Å². The summed E-state index contributed by atoms with van der Waals surface area (Å²) in [5.74, 6) is 2.39. The molecule has 24 heavy (non-hydrogen) atoms. The molecule has 0 aliphatic carbocycles. The fourth-order valence-electron chi connectivity index (χ4n) is 2.49. The molecule has 2 aromatic rings. The smallest absolute Gasteiger partial charge is 0.177 e. The molecule has 2 aliphatic rings. The highest BCUT2D eigenvalue weighted by Gasteiger charge is 2.17. The Morgan fingerprint density at radius 2 is 2.08 bits per heavy atom. The predicted octanol–water partition coefficient (Wildman–Crippen LogP) is 3.16. The Balaban J connectivity index is 1.39. The maximum atomic E-state index is 5.63. The minimum Gasteiger partial charge on any atom is -0.486 e. The van der Waals surface area contributed by atoms with Gasteiger partial charge in [0.25, 0.3) is 0 Å². The number of ether oxygens (including phenoxy) is 2. The monoisotopic (exact) mass is 359 g/mol. The molecule has 0 saturated heterocycles. The third-order valence-corrected chi connectivity index (χ3v) is 5.55. The van der Waals surface area contributed by atoms with Gasteiger partial charge in [0.1, 0.15) is 13.2 Å². The summed E-state index contributed by atoms with van der Waals surface area (Å²) in [7, 11) is 0. The lowest BCUT2D eigenvalue weighted by Crippen LogP contribution is -2.26. The van der Waals surface area contributed by atoms with Gasteiger partial charge >= 0.3 is 0 Å². The molecule has 3 heterocycles. The van der Waals surface area contributed by atoms with Crippen LogP contribution in [0.4, 0.5) is 0 Å². The van der Waals surface area contributed by atoms with Crippen molar-refractivity contribution in [2.75, 3.05) is 25.5 Å². The largest absolute Gasteiger partial charge is 0.486 e. The molecule has 0 atom stereocenters. The fourth-order valence-corrected chi connectivity index (χ4v) is 3.99. The topological polar surface area (TPSA) is 55.2 Å². The van der Waals surface area contributed by atoms with Crippen LogP contribution in [0.25, 0.3) is 0 Å². The van der Waals surface area contributed by atoms with Crippen molar-refractivity contribution in [2.24, 2.45) is 10.1 Å². The zero-order chi connectivity index (χ0) is 16.2. The van der Waals surface area contributed by atoms with Crippen LogP contribution < -0.4 is 14.9 Å². The molecule has 7 heteroatoms. The number of amidine groups is 1. The molecule has 0 unspecified atom stereocenters. The Kier molecular flexibility index (Phi) is 4.71. The molecular weight excluding hydrogens is 342 g/mol. The summed E-state index contributed by atoms with van der Waals surface area (Å²) in [6, 6.07) is 10.2. The van der Waals surface area contributed by atoms with Crippen LogP contribution in [0, 0.1) is 0 Å². The molecule has 0 spiro atoms. The molecule has 1 aromatic heterocycles. The molecule has 0 amide bonds. The first-order chi connectivity index (χ1) is 11.9. The second kappa shape index (κ2) is 7.27. The molecule has 1 N–H and O–H groups in total. The third-order valence-electron chi connectivity index (χ3n) is 3.70. The summed E-state index contributed by atoms with van der Waals surface area (Å²) >= 11 is 3.45. The molecule has 0 saturated carbocycles. The third kappa shape index (κ3) is 3.57. The average molecular weight is 359 g/mol. The molecule has 0 fully saturated rings. The summed E-state index contributed by atoms with van der Waals surface area (Å²) in [4.78, 5) is 5.94. The van der Waals surface area contributed by atoms with Crippen LogP contribution >= 0.6 is 23.1 Å². The van der Waals surface area contributed by atoms with E-state index in [2.05, 4.69) is 33.0 Å². The number of nitrogens with zero attached hydrogens (tertiary/aromatic N) is 2. The first-order valence-corrected chi connectivity index (χ1v) is 9.67. The summed E-state index contributed by atoms with van der Waals surface area (Å²) < 4.78 is 11.2. The summed E-state index contributed by atoms with van der Waals surface area (Å²) in [6.45, 7) is 1.98. The number of rotatable bonds is 4. The van der Waals surface area contributed by atoms with E-state index in [4.69, 9.17) is 9.47 Å². The zero-order valence-electron chi connectivity index (χ0n) is 13.0. The van der Waals surface area contributed by atoms with E-state index in [-0.39, 0.29) is 0 Å². The summed E-state index contributed by atoms with van der Waals surface area (Å²) in [6.07, 6.45) is 0.974. The van der Waals surface area contributed by atoms with E-state index < -0.39 is 0 Å². The maximum Gasteiger partial charge on any atom is 0.177 e. The Morgan fingerprint density at radius 3 is 2.88 bits per heavy atom. The molecule has 0 bridgehead atoms. The van der Waals surface area contributed by atoms with Gasteiger partial charge in [-0.15, -0.1) is 11.3 Å². The minimum atomic E-state index is 0.594. The second-order valence-corrected chi connectivity index (χ2v) is 7.33. The molecule has 4 rings (SSSR count). The van der Waals surface area contributed by atoms with E-state index in [1.54, 1.807) is 23.1 Å². The first-order valence-electron chi connectivity index (χ1n) is 7.81. The summed E-state index contributed by atoms with van der Waals surface area (Å²) in [5.41, 5.74) is 5.11.